The van der Waals surface area contributed by atoms with Crippen LogP contribution in [0.25, 0.3) is 11.3 Å². The van der Waals surface area contributed by atoms with Crippen LogP contribution in [-0.4, -0.2) is 82.6 Å². The lowest BCUT2D eigenvalue weighted by molar-refractivity contribution is -0.142. The van der Waals surface area contributed by atoms with Gasteiger partial charge in [-0.25, -0.2) is 19.6 Å². The lowest BCUT2D eigenvalue weighted by atomic mass is 9.94. The van der Waals surface area contributed by atoms with E-state index in [1.165, 1.54) is 28.9 Å². The van der Waals surface area contributed by atoms with E-state index in [-0.39, 0.29) is 48.8 Å². The van der Waals surface area contributed by atoms with Crippen molar-refractivity contribution in [3.8, 4) is 0 Å². The van der Waals surface area contributed by atoms with Gasteiger partial charge < -0.3 is 25.2 Å². The van der Waals surface area contributed by atoms with Crippen LogP contribution < -0.4 is 10.2 Å². The Labute approximate surface area is 262 Å². The number of carbonyl (C=O) groups excluding carboxylic acids is 1. The number of ether oxygens (including phenoxy) is 1. The standard InChI is InChI=1S/C30H37F3N8O5/c1-17(2)19-14-35-41-24(12-22(37-26(19)41)34-13-18-9-11-38(27(43)44)16-21(18)42)40(28(45)46-29(3,4)5)15-20-25(30(31,32)33)39-10-7-6-8-23(39)36-20/h6-8,10,12,14,17-18,21,42H,9,11,13,15-16H2,1-5H3,(H,34,37)(H,43,44)/t18-,21+/m1/s1. The van der Waals surface area contributed by atoms with Crippen LogP contribution in [0.15, 0.2) is 36.7 Å². The molecular weight excluding hydrogens is 609 g/mol. The van der Waals surface area contributed by atoms with Crippen LogP contribution in [0.5, 0.6) is 0 Å². The first-order valence-electron chi connectivity index (χ1n) is 14.9. The molecule has 0 unspecified atom stereocenters. The van der Waals surface area contributed by atoms with Gasteiger partial charge in [0.1, 0.15) is 22.9 Å². The fourth-order valence-electron chi connectivity index (χ4n) is 5.44. The molecule has 248 valence electrons. The van der Waals surface area contributed by atoms with Gasteiger partial charge in [-0.1, -0.05) is 19.9 Å². The van der Waals surface area contributed by atoms with E-state index in [0.717, 1.165) is 19.8 Å². The number of β-amino-alcohol motifs (C(OH)–C–C–N with tert-alkyl or cyclic N) is 1. The predicted octanol–water partition coefficient (Wildman–Crippen LogP) is 5.23. The molecule has 46 heavy (non-hydrogen) atoms. The fraction of sp³-hybridized carbons (Fsp3) is 0.500. The second-order valence-corrected chi connectivity index (χ2v) is 12.6. The summed E-state index contributed by atoms with van der Waals surface area (Å²) in [5, 5.41) is 27.5. The minimum absolute atomic E-state index is 0.0352. The molecule has 4 aromatic heterocycles. The Morgan fingerprint density at radius 2 is 1.93 bits per heavy atom. The van der Waals surface area contributed by atoms with Gasteiger partial charge in [0, 0.05) is 36.8 Å². The van der Waals surface area contributed by atoms with Crippen molar-refractivity contribution in [1.82, 2.24) is 28.9 Å². The number of aromatic nitrogens is 5. The number of halogens is 3. The predicted molar refractivity (Wildman–Crippen MR) is 162 cm³/mol. The first kappa shape index (κ1) is 32.8. The molecule has 1 saturated heterocycles. The van der Waals surface area contributed by atoms with Gasteiger partial charge in [0.05, 0.1) is 31.1 Å². The monoisotopic (exact) mass is 646 g/mol. The second kappa shape index (κ2) is 12.3. The Hall–Kier alpha value is -4.60. The molecule has 2 amide bonds. The number of fused-ring (bicyclic) bond motifs is 2. The SMILES string of the molecule is CC(C)c1cnn2c(N(Cc3nc4ccccn4c3C(F)(F)F)C(=O)OC(C)(C)C)cc(NC[C@H]3CCN(C(=O)O)C[C@@H]3O)nc12. The van der Waals surface area contributed by atoms with Gasteiger partial charge in [0.2, 0.25) is 0 Å². The molecule has 0 aliphatic carbocycles. The Kier molecular flexibility index (Phi) is 8.77. The number of hydrogen-bond acceptors (Lipinski definition) is 8. The molecule has 13 nitrogen and oxygen atoms in total. The highest BCUT2D eigenvalue weighted by Crippen LogP contribution is 2.35. The zero-order valence-corrected chi connectivity index (χ0v) is 26.1. The van der Waals surface area contributed by atoms with Crippen LogP contribution in [0.3, 0.4) is 0 Å². The number of aliphatic hydroxyl groups excluding tert-OH is 1. The zero-order valence-electron chi connectivity index (χ0n) is 26.1. The minimum atomic E-state index is -4.79. The first-order chi connectivity index (χ1) is 21.5. The van der Waals surface area contributed by atoms with Crippen molar-refractivity contribution in [1.29, 1.82) is 0 Å². The summed E-state index contributed by atoms with van der Waals surface area (Å²) in [6, 6.07) is 5.96. The lowest BCUT2D eigenvalue weighted by Crippen LogP contribution is -2.47. The van der Waals surface area contributed by atoms with Crippen LogP contribution >= 0.6 is 0 Å². The molecule has 0 radical (unpaired) electrons. The van der Waals surface area contributed by atoms with Crippen molar-refractivity contribution in [3.63, 3.8) is 0 Å². The van der Waals surface area contributed by atoms with E-state index in [2.05, 4.69) is 15.4 Å². The molecular formula is C30H37F3N8O5. The van der Waals surface area contributed by atoms with Crippen molar-refractivity contribution < 1.29 is 37.7 Å². The largest absolute Gasteiger partial charge is 0.465 e. The van der Waals surface area contributed by atoms with Gasteiger partial charge in [0.25, 0.3) is 0 Å². The maximum absolute atomic E-state index is 14.4. The van der Waals surface area contributed by atoms with Gasteiger partial charge >= 0.3 is 18.4 Å². The van der Waals surface area contributed by atoms with Crippen molar-refractivity contribution in [3.05, 3.63) is 53.6 Å². The molecule has 5 rings (SSSR count). The molecule has 0 aromatic carbocycles. The quantitative estimate of drug-likeness (QED) is 0.245. The van der Waals surface area contributed by atoms with E-state index in [1.54, 1.807) is 33.0 Å². The molecule has 1 fully saturated rings. The van der Waals surface area contributed by atoms with Crippen molar-refractivity contribution in [2.24, 2.45) is 5.92 Å². The number of imidazole rings is 1. The van der Waals surface area contributed by atoms with Crippen LogP contribution in [0.4, 0.5) is 34.4 Å². The average molecular weight is 647 g/mol. The number of hydrogen-bond donors (Lipinski definition) is 3. The number of nitrogens with one attached hydrogen (secondary N) is 1. The number of carbonyl (C=O) groups is 2. The number of likely N-dealkylation sites (tertiary alicyclic amines) is 1. The molecule has 16 heteroatoms. The third kappa shape index (κ3) is 6.80. The Morgan fingerprint density at radius 1 is 1.20 bits per heavy atom. The number of carboxylic acid groups (broad SMARTS) is 1. The van der Waals surface area contributed by atoms with E-state index >= 15 is 0 Å². The highest BCUT2D eigenvalue weighted by Gasteiger charge is 2.40. The molecule has 1 aliphatic heterocycles. The summed E-state index contributed by atoms with van der Waals surface area (Å²) < 4.78 is 51.3. The molecule has 1 aliphatic rings. The van der Waals surface area contributed by atoms with Crippen LogP contribution in [-0.2, 0) is 17.5 Å². The molecule has 5 heterocycles. The number of nitrogens with zero attached hydrogens (tertiary/aromatic N) is 7. The van der Waals surface area contributed by atoms with Gasteiger partial charge in [0.15, 0.2) is 11.3 Å². The number of anilines is 2. The van der Waals surface area contributed by atoms with E-state index in [1.807, 2.05) is 13.8 Å². The number of piperidine rings is 1. The van der Waals surface area contributed by atoms with Gasteiger partial charge in [-0.3, -0.25) is 9.30 Å². The summed E-state index contributed by atoms with van der Waals surface area (Å²) in [5.74, 6) is 0.0128. The summed E-state index contributed by atoms with van der Waals surface area (Å²) in [4.78, 5) is 36.3. The van der Waals surface area contributed by atoms with Crippen LogP contribution in [0, 0.1) is 5.92 Å². The molecule has 0 saturated carbocycles. The zero-order chi connectivity index (χ0) is 33.6. The van der Waals surface area contributed by atoms with Crippen molar-refractivity contribution in [2.45, 2.75) is 71.4 Å². The first-order valence-corrected chi connectivity index (χ1v) is 14.9. The third-order valence-electron chi connectivity index (χ3n) is 7.71. The summed E-state index contributed by atoms with van der Waals surface area (Å²) in [7, 11) is 0. The Balaban J connectivity index is 1.59. The number of alkyl halides is 3. The van der Waals surface area contributed by atoms with E-state index < -0.39 is 48.0 Å². The number of pyridine rings is 1. The number of amides is 2. The van der Waals surface area contributed by atoms with Gasteiger partial charge in [-0.15, -0.1) is 0 Å². The Bertz CT molecular complexity index is 1750. The average Bonchev–Trinajstić information content (AvgIpc) is 3.55. The van der Waals surface area contributed by atoms with E-state index in [0.29, 0.717) is 12.1 Å². The second-order valence-electron chi connectivity index (χ2n) is 12.6. The van der Waals surface area contributed by atoms with E-state index in [4.69, 9.17) is 9.72 Å². The maximum atomic E-state index is 14.4. The topological polar surface area (TPSA) is 150 Å². The minimum Gasteiger partial charge on any atom is -0.465 e. The Morgan fingerprint density at radius 3 is 2.57 bits per heavy atom. The fourth-order valence-corrected chi connectivity index (χ4v) is 5.44. The smallest absolute Gasteiger partial charge is 0.433 e. The summed E-state index contributed by atoms with van der Waals surface area (Å²) in [6.45, 7) is 8.65. The number of rotatable bonds is 7. The normalized spacial score (nSPS) is 17.6. The molecule has 2 atom stereocenters. The highest BCUT2D eigenvalue weighted by molar-refractivity contribution is 5.88. The molecule has 3 N–H and O–H groups in total. The summed E-state index contributed by atoms with van der Waals surface area (Å²) in [6.07, 6.45) is -4.49. The van der Waals surface area contributed by atoms with Crippen molar-refractivity contribution in [2.75, 3.05) is 29.9 Å². The molecule has 4 aromatic rings. The molecule has 0 spiro atoms. The van der Waals surface area contributed by atoms with Crippen molar-refractivity contribution >= 4 is 35.1 Å². The summed E-state index contributed by atoms with van der Waals surface area (Å²) >= 11 is 0. The molecule has 0 bridgehead atoms. The summed E-state index contributed by atoms with van der Waals surface area (Å²) in [5.41, 5.74) is -1.24. The highest BCUT2D eigenvalue weighted by atomic mass is 19.4. The third-order valence-corrected chi connectivity index (χ3v) is 7.71. The van der Waals surface area contributed by atoms with Crippen LogP contribution in [0.2, 0.25) is 0 Å². The lowest BCUT2D eigenvalue weighted by Gasteiger charge is -2.34. The van der Waals surface area contributed by atoms with Gasteiger partial charge in [-0.2, -0.15) is 22.8 Å². The van der Waals surface area contributed by atoms with Gasteiger partial charge in [-0.05, 0) is 45.2 Å². The number of aliphatic hydroxyl groups is 1. The maximum Gasteiger partial charge on any atom is 0.433 e. The van der Waals surface area contributed by atoms with E-state index in [9.17, 15) is 33.0 Å². The van der Waals surface area contributed by atoms with Crippen LogP contribution in [0.1, 0.15) is 63.9 Å².